The van der Waals surface area contributed by atoms with Crippen molar-refractivity contribution >= 4 is 17.9 Å². The molecule has 0 N–H and O–H groups in total. The number of carbonyl (C=O) groups is 3. The summed E-state index contributed by atoms with van der Waals surface area (Å²) in [6.07, 6.45) is 4.04. The molecule has 2 aliphatic carbocycles. The molecule has 1 saturated carbocycles. The van der Waals surface area contributed by atoms with Gasteiger partial charge in [0.05, 0.1) is 11.8 Å². The van der Waals surface area contributed by atoms with Crippen LogP contribution in [0.1, 0.15) is 27.2 Å². The van der Waals surface area contributed by atoms with E-state index in [0.29, 0.717) is 6.42 Å². The normalized spacial score (nSPS) is 39.4. The van der Waals surface area contributed by atoms with Crippen molar-refractivity contribution in [3.63, 3.8) is 0 Å². The number of allylic oxidation sites excluding steroid dienone is 1. The van der Waals surface area contributed by atoms with Crippen molar-refractivity contribution in [1.29, 1.82) is 0 Å². The van der Waals surface area contributed by atoms with Crippen LogP contribution in [0, 0.1) is 23.2 Å². The van der Waals surface area contributed by atoms with E-state index in [9.17, 15) is 14.4 Å². The molecule has 3 aliphatic rings. The second-order valence-electron chi connectivity index (χ2n) is 6.51. The lowest BCUT2D eigenvalue weighted by Gasteiger charge is -2.30. The number of hydrogen-bond acceptors (Lipinski definition) is 5. The zero-order valence-electron chi connectivity index (χ0n) is 11.1. The Bertz CT molecular complexity index is 512. The minimum Gasteiger partial charge on any atom is -0.459 e. The SMILES string of the molecule is CC(C)(C)OC(=O)[C@]12C=C[C@H](C1)[C@H]1C(=O)OC(=O)[C@H]12. The number of hydrogen-bond donors (Lipinski definition) is 0. The third-order valence-corrected chi connectivity index (χ3v) is 4.10. The summed E-state index contributed by atoms with van der Waals surface area (Å²) in [5, 5.41) is 0. The molecule has 0 spiro atoms. The summed E-state index contributed by atoms with van der Waals surface area (Å²) in [6.45, 7) is 5.34. The standard InChI is InChI=1S/C14H16O5/c1-13(2,3)19-12(17)14-5-4-7(6-14)8-9(14)11(16)18-10(8)15/h4-5,7-9H,6H2,1-3H3/t7-,8-,9+,14-/m1/s1. The van der Waals surface area contributed by atoms with E-state index in [2.05, 4.69) is 4.74 Å². The van der Waals surface area contributed by atoms with Gasteiger partial charge in [0.15, 0.2) is 0 Å². The second-order valence-corrected chi connectivity index (χ2v) is 6.51. The van der Waals surface area contributed by atoms with Crippen molar-refractivity contribution in [2.24, 2.45) is 23.2 Å². The van der Waals surface area contributed by atoms with Gasteiger partial charge in [0.1, 0.15) is 11.0 Å². The summed E-state index contributed by atoms with van der Waals surface area (Å²) in [6, 6.07) is 0. The monoisotopic (exact) mass is 264 g/mol. The average Bonchev–Trinajstić information content (AvgIpc) is 2.88. The molecule has 1 heterocycles. The third-order valence-electron chi connectivity index (χ3n) is 4.10. The lowest BCUT2D eigenvalue weighted by Crippen LogP contribution is -2.41. The van der Waals surface area contributed by atoms with Crippen LogP contribution in [0.15, 0.2) is 12.2 Å². The van der Waals surface area contributed by atoms with Crippen LogP contribution in [0.5, 0.6) is 0 Å². The zero-order valence-corrected chi connectivity index (χ0v) is 11.1. The number of ether oxygens (including phenoxy) is 2. The summed E-state index contributed by atoms with van der Waals surface area (Å²) < 4.78 is 10.1. The number of rotatable bonds is 1. The smallest absolute Gasteiger partial charge is 0.318 e. The molecule has 4 atom stereocenters. The average molecular weight is 264 g/mol. The predicted octanol–water partition coefficient (Wildman–Crippen LogP) is 1.22. The molecule has 1 aliphatic heterocycles. The molecule has 1 saturated heterocycles. The van der Waals surface area contributed by atoms with Gasteiger partial charge in [-0.15, -0.1) is 0 Å². The molecule has 0 aromatic rings. The molecule has 3 rings (SSSR count). The van der Waals surface area contributed by atoms with Gasteiger partial charge in [-0.3, -0.25) is 14.4 Å². The Morgan fingerprint density at radius 1 is 1.37 bits per heavy atom. The van der Waals surface area contributed by atoms with E-state index in [0.717, 1.165) is 0 Å². The maximum absolute atomic E-state index is 12.4. The topological polar surface area (TPSA) is 69.7 Å². The Balaban J connectivity index is 1.96. The largest absolute Gasteiger partial charge is 0.459 e. The molecule has 0 unspecified atom stereocenters. The van der Waals surface area contributed by atoms with Crippen molar-refractivity contribution in [3.8, 4) is 0 Å². The molecule has 2 bridgehead atoms. The maximum Gasteiger partial charge on any atom is 0.318 e. The van der Waals surface area contributed by atoms with Crippen LogP contribution in [0.4, 0.5) is 0 Å². The molecular formula is C14H16O5. The molecular weight excluding hydrogens is 248 g/mol. The summed E-state index contributed by atoms with van der Waals surface area (Å²) in [5.74, 6) is -2.83. The van der Waals surface area contributed by atoms with Crippen molar-refractivity contribution in [2.45, 2.75) is 32.8 Å². The Kier molecular flexibility index (Phi) is 2.26. The fourth-order valence-electron chi connectivity index (χ4n) is 3.42. The highest BCUT2D eigenvalue weighted by Gasteiger charge is 2.69. The fraction of sp³-hybridized carbons (Fsp3) is 0.643. The van der Waals surface area contributed by atoms with Crippen LogP contribution in [-0.2, 0) is 23.9 Å². The summed E-state index contributed by atoms with van der Waals surface area (Å²) in [5.41, 5.74) is -1.63. The first kappa shape index (κ1) is 12.4. The minimum absolute atomic E-state index is 0.0866. The third kappa shape index (κ3) is 1.57. The van der Waals surface area contributed by atoms with Crippen LogP contribution in [0.25, 0.3) is 0 Å². The lowest BCUT2D eigenvalue weighted by molar-refractivity contribution is -0.170. The highest BCUT2D eigenvalue weighted by atomic mass is 16.6. The maximum atomic E-state index is 12.4. The quantitative estimate of drug-likeness (QED) is 0.404. The van der Waals surface area contributed by atoms with Gasteiger partial charge >= 0.3 is 17.9 Å². The summed E-state index contributed by atoms with van der Waals surface area (Å²) in [4.78, 5) is 36.0. The Morgan fingerprint density at radius 2 is 2.05 bits per heavy atom. The zero-order chi connectivity index (χ0) is 14.0. The second kappa shape index (κ2) is 3.46. The summed E-state index contributed by atoms with van der Waals surface area (Å²) >= 11 is 0. The van der Waals surface area contributed by atoms with E-state index in [1.54, 1.807) is 26.8 Å². The van der Waals surface area contributed by atoms with Crippen molar-refractivity contribution in [3.05, 3.63) is 12.2 Å². The molecule has 2 fully saturated rings. The van der Waals surface area contributed by atoms with Crippen LogP contribution in [0.3, 0.4) is 0 Å². The highest BCUT2D eigenvalue weighted by molar-refractivity contribution is 6.02. The molecule has 102 valence electrons. The van der Waals surface area contributed by atoms with Crippen LogP contribution in [0.2, 0.25) is 0 Å². The first-order valence-corrected chi connectivity index (χ1v) is 6.43. The lowest BCUT2D eigenvalue weighted by atomic mass is 9.74. The van der Waals surface area contributed by atoms with Gasteiger partial charge in [0, 0.05) is 0 Å². The Hall–Kier alpha value is -1.65. The number of esters is 3. The first-order chi connectivity index (χ1) is 8.74. The molecule has 0 aromatic carbocycles. The van der Waals surface area contributed by atoms with Crippen molar-refractivity contribution < 1.29 is 23.9 Å². The molecule has 5 heteroatoms. The van der Waals surface area contributed by atoms with E-state index < -0.39 is 40.8 Å². The number of fused-ring (bicyclic) bond motifs is 5. The van der Waals surface area contributed by atoms with Gasteiger partial charge in [-0.1, -0.05) is 12.2 Å². The minimum atomic E-state index is -1.01. The molecule has 0 radical (unpaired) electrons. The molecule has 0 aromatic heterocycles. The van der Waals surface area contributed by atoms with Crippen molar-refractivity contribution in [1.82, 2.24) is 0 Å². The predicted molar refractivity (Wildman–Crippen MR) is 63.6 cm³/mol. The van der Waals surface area contributed by atoms with Crippen LogP contribution >= 0.6 is 0 Å². The number of cyclic esters (lactones) is 2. The Labute approximate surface area is 110 Å². The highest BCUT2D eigenvalue weighted by Crippen LogP contribution is 2.60. The van der Waals surface area contributed by atoms with E-state index >= 15 is 0 Å². The fourth-order valence-corrected chi connectivity index (χ4v) is 3.42. The van der Waals surface area contributed by atoms with Gasteiger partial charge in [0.25, 0.3) is 0 Å². The number of carbonyl (C=O) groups excluding carboxylic acids is 3. The van der Waals surface area contributed by atoms with Crippen LogP contribution < -0.4 is 0 Å². The van der Waals surface area contributed by atoms with Gasteiger partial charge < -0.3 is 9.47 Å². The molecule has 19 heavy (non-hydrogen) atoms. The van der Waals surface area contributed by atoms with Crippen molar-refractivity contribution in [2.75, 3.05) is 0 Å². The molecule has 5 nitrogen and oxygen atoms in total. The molecule has 0 amide bonds. The Morgan fingerprint density at radius 3 is 2.68 bits per heavy atom. The van der Waals surface area contributed by atoms with E-state index in [1.165, 1.54) is 0 Å². The first-order valence-electron chi connectivity index (χ1n) is 6.43. The van der Waals surface area contributed by atoms with E-state index in [4.69, 9.17) is 4.74 Å². The van der Waals surface area contributed by atoms with E-state index in [1.807, 2.05) is 6.08 Å². The van der Waals surface area contributed by atoms with Gasteiger partial charge in [-0.05, 0) is 33.1 Å². The van der Waals surface area contributed by atoms with Gasteiger partial charge in [-0.2, -0.15) is 0 Å². The van der Waals surface area contributed by atoms with Gasteiger partial charge in [0.2, 0.25) is 0 Å². The van der Waals surface area contributed by atoms with Gasteiger partial charge in [-0.25, -0.2) is 0 Å². The summed E-state index contributed by atoms with van der Waals surface area (Å²) in [7, 11) is 0. The van der Waals surface area contributed by atoms with E-state index in [-0.39, 0.29) is 5.92 Å². The van der Waals surface area contributed by atoms with Crippen LogP contribution in [-0.4, -0.2) is 23.5 Å².